The van der Waals surface area contributed by atoms with E-state index in [1.165, 1.54) is 12.1 Å². The van der Waals surface area contributed by atoms with Crippen LogP contribution in [-0.2, 0) is 28.7 Å². The number of guanidine groups is 1. The maximum absolute atomic E-state index is 11.6. The smallest absolute Gasteiger partial charge is 0.396 e. The number of aliphatic hydroxyl groups is 1. The second kappa shape index (κ2) is 10.5. The lowest BCUT2D eigenvalue weighted by Gasteiger charge is -2.14. The first-order valence-electron chi connectivity index (χ1n) is 7.16. The van der Waals surface area contributed by atoms with Crippen molar-refractivity contribution in [2.75, 3.05) is 20.8 Å². The molecule has 1 rings (SSSR count). The molecule has 1 unspecified atom stereocenters. The van der Waals surface area contributed by atoms with Crippen molar-refractivity contribution in [3.63, 3.8) is 0 Å². The molecule has 0 aliphatic carbocycles. The number of aliphatic imine (C=N–C) groups is 1. The summed E-state index contributed by atoms with van der Waals surface area (Å²) in [7, 11) is 1.93. The van der Waals surface area contributed by atoms with Gasteiger partial charge in [-0.3, -0.25) is 20.2 Å². The minimum Gasteiger partial charge on any atom is -0.462 e. The molecular weight excluding hydrogens is 405 g/mol. The molecule has 0 fully saturated rings. The van der Waals surface area contributed by atoms with Gasteiger partial charge in [0.25, 0.3) is 0 Å². The summed E-state index contributed by atoms with van der Waals surface area (Å²) in [6.07, 6.45) is -1.31. The Hall–Kier alpha value is -2.69. The highest BCUT2D eigenvalue weighted by Crippen LogP contribution is 2.30. The Morgan fingerprint density at radius 2 is 1.48 bits per heavy atom. The molecule has 1 atom stereocenters. The molecule has 10 nitrogen and oxygen atoms in total. The molecule has 12 heteroatoms. The highest BCUT2D eigenvalue weighted by Gasteiger charge is 2.22. The average molecular weight is 420 g/mol. The van der Waals surface area contributed by atoms with Crippen molar-refractivity contribution in [1.82, 2.24) is 10.6 Å². The third-order valence-electron chi connectivity index (χ3n) is 2.96. The Bertz CT molecular complexity index is 730. The van der Waals surface area contributed by atoms with Crippen LogP contribution < -0.4 is 10.6 Å². The van der Waals surface area contributed by atoms with Crippen molar-refractivity contribution in [3.05, 3.63) is 33.8 Å². The van der Waals surface area contributed by atoms with Gasteiger partial charge >= 0.3 is 23.8 Å². The summed E-state index contributed by atoms with van der Waals surface area (Å²) in [4.78, 5) is 49.3. The summed E-state index contributed by atoms with van der Waals surface area (Å²) in [5, 5.41) is 14.4. The molecule has 0 aliphatic heterocycles. The minimum atomic E-state index is -1.31. The van der Waals surface area contributed by atoms with Gasteiger partial charge in [0.15, 0.2) is 0 Å². The van der Waals surface area contributed by atoms with Crippen LogP contribution in [0.5, 0.6) is 0 Å². The molecule has 0 spiro atoms. The molecule has 0 saturated heterocycles. The van der Waals surface area contributed by atoms with Gasteiger partial charge < -0.3 is 14.6 Å². The molecule has 1 aromatic carbocycles. The topological polar surface area (TPSA) is 143 Å². The number of amides is 2. The monoisotopic (exact) mass is 419 g/mol. The van der Waals surface area contributed by atoms with Gasteiger partial charge in [-0.05, 0) is 12.1 Å². The Kier molecular flexibility index (Phi) is 8.66. The van der Waals surface area contributed by atoms with Crippen molar-refractivity contribution in [2.45, 2.75) is 6.10 Å². The van der Waals surface area contributed by atoms with Gasteiger partial charge in [0.05, 0.1) is 20.8 Å². The average Bonchev–Trinajstić information content (AvgIpc) is 2.64. The third-order valence-corrected chi connectivity index (χ3v) is 3.62. The summed E-state index contributed by atoms with van der Waals surface area (Å²) in [6, 6.07) is 4.56. The Morgan fingerprint density at radius 3 is 1.89 bits per heavy atom. The van der Waals surface area contributed by atoms with E-state index in [4.69, 9.17) is 23.2 Å². The molecule has 1 aromatic rings. The second-order valence-corrected chi connectivity index (χ2v) is 5.55. The summed E-state index contributed by atoms with van der Waals surface area (Å²) in [6.45, 7) is -0.429. The lowest BCUT2D eigenvalue weighted by molar-refractivity contribution is -0.152. The van der Waals surface area contributed by atoms with Crippen LogP contribution in [0.15, 0.2) is 23.2 Å². The number of methoxy groups -OCH3 is 2. The molecule has 0 bridgehead atoms. The van der Waals surface area contributed by atoms with Crippen molar-refractivity contribution in [3.8, 4) is 0 Å². The van der Waals surface area contributed by atoms with E-state index in [-0.39, 0.29) is 15.6 Å². The molecule has 0 aliphatic rings. The molecule has 0 radical (unpaired) electrons. The molecular formula is C15H15Cl2N3O7. The number of esters is 2. The van der Waals surface area contributed by atoms with E-state index >= 15 is 0 Å². The number of aliphatic hydroxyl groups excluding tert-OH is 1. The first-order chi connectivity index (χ1) is 12.7. The van der Waals surface area contributed by atoms with Gasteiger partial charge in [0.2, 0.25) is 5.96 Å². The van der Waals surface area contributed by atoms with Gasteiger partial charge in [-0.2, -0.15) is 0 Å². The van der Waals surface area contributed by atoms with Crippen molar-refractivity contribution < 1.29 is 33.8 Å². The van der Waals surface area contributed by atoms with Gasteiger partial charge in [-0.1, -0.05) is 29.3 Å². The van der Waals surface area contributed by atoms with Crippen LogP contribution in [0.1, 0.15) is 11.7 Å². The van der Waals surface area contributed by atoms with Gasteiger partial charge in [-0.15, -0.1) is 0 Å². The number of ether oxygens (including phenoxy) is 2. The Labute approximate surface area is 163 Å². The maximum atomic E-state index is 11.6. The van der Waals surface area contributed by atoms with Crippen molar-refractivity contribution >= 4 is 52.9 Å². The minimum absolute atomic E-state index is 0.169. The van der Waals surface area contributed by atoms with Crippen LogP contribution in [0.2, 0.25) is 10.0 Å². The summed E-state index contributed by atoms with van der Waals surface area (Å²) in [5.41, 5.74) is 0.169. The lowest BCUT2D eigenvalue weighted by Crippen LogP contribution is -2.48. The number of carbonyl (C=O) groups excluding carboxylic acids is 4. The van der Waals surface area contributed by atoms with E-state index < -0.39 is 42.4 Å². The summed E-state index contributed by atoms with van der Waals surface area (Å²) >= 11 is 11.9. The zero-order valence-corrected chi connectivity index (χ0v) is 15.6. The van der Waals surface area contributed by atoms with Crippen molar-refractivity contribution in [1.29, 1.82) is 0 Å². The quantitative estimate of drug-likeness (QED) is 0.270. The van der Waals surface area contributed by atoms with E-state index in [2.05, 4.69) is 14.5 Å². The standard InChI is InChI=1S/C15H15Cl2N3O7/c1-26-13(24)11(22)19-15(20-12(23)14(25)27-2)18-6-9(21)10-7(16)4-3-5-8(10)17/h3-5,9,21H,6H2,1-2H3,(H2,18,19,20,22,23). The van der Waals surface area contributed by atoms with Crippen LogP contribution in [-0.4, -0.2) is 55.6 Å². The zero-order chi connectivity index (χ0) is 20.6. The Morgan fingerprint density at radius 1 is 1.04 bits per heavy atom. The van der Waals surface area contributed by atoms with Gasteiger partial charge in [0, 0.05) is 15.6 Å². The molecule has 0 heterocycles. The van der Waals surface area contributed by atoms with Gasteiger partial charge in [-0.25, -0.2) is 14.6 Å². The first kappa shape index (κ1) is 22.4. The molecule has 146 valence electrons. The van der Waals surface area contributed by atoms with Gasteiger partial charge in [0.1, 0.15) is 6.10 Å². The highest BCUT2D eigenvalue weighted by atomic mass is 35.5. The number of benzene rings is 1. The fourth-order valence-electron chi connectivity index (χ4n) is 1.71. The van der Waals surface area contributed by atoms with Crippen LogP contribution >= 0.6 is 23.2 Å². The number of rotatable bonds is 3. The van der Waals surface area contributed by atoms with Crippen LogP contribution in [0.4, 0.5) is 0 Å². The number of hydrogen-bond donors (Lipinski definition) is 3. The van der Waals surface area contributed by atoms with Crippen molar-refractivity contribution in [2.24, 2.45) is 4.99 Å². The van der Waals surface area contributed by atoms with E-state index in [9.17, 15) is 24.3 Å². The molecule has 3 N–H and O–H groups in total. The molecule has 0 saturated carbocycles. The van der Waals surface area contributed by atoms with Crippen LogP contribution in [0, 0.1) is 0 Å². The number of hydrogen-bond acceptors (Lipinski definition) is 8. The second-order valence-electron chi connectivity index (χ2n) is 4.73. The molecule has 27 heavy (non-hydrogen) atoms. The number of nitrogens with zero attached hydrogens (tertiary/aromatic N) is 1. The highest BCUT2D eigenvalue weighted by molar-refractivity contribution is 6.39. The maximum Gasteiger partial charge on any atom is 0.396 e. The Balaban J connectivity index is 3.02. The van der Waals surface area contributed by atoms with E-state index in [0.29, 0.717) is 0 Å². The van der Waals surface area contributed by atoms with E-state index in [1.54, 1.807) is 6.07 Å². The molecule has 0 aromatic heterocycles. The largest absolute Gasteiger partial charge is 0.462 e. The normalized spacial score (nSPS) is 11.0. The van der Waals surface area contributed by atoms with Crippen LogP contribution in [0.25, 0.3) is 0 Å². The summed E-state index contributed by atoms with van der Waals surface area (Å²) in [5.74, 6) is -5.68. The summed E-state index contributed by atoms with van der Waals surface area (Å²) < 4.78 is 8.44. The number of nitrogens with one attached hydrogen (secondary N) is 2. The number of carbonyl (C=O) groups is 4. The number of halogens is 2. The SMILES string of the molecule is COC(=O)C(=O)NC(=NCC(O)c1c(Cl)cccc1Cl)NC(=O)C(=O)OC. The van der Waals surface area contributed by atoms with E-state index in [1.807, 2.05) is 10.6 Å². The fourth-order valence-corrected chi connectivity index (χ4v) is 2.36. The predicted octanol–water partition coefficient (Wildman–Crippen LogP) is -0.0388. The predicted molar refractivity (Wildman–Crippen MR) is 94.0 cm³/mol. The van der Waals surface area contributed by atoms with E-state index in [0.717, 1.165) is 14.2 Å². The first-order valence-corrected chi connectivity index (χ1v) is 7.91. The fraction of sp³-hybridized carbons (Fsp3) is 0.267. The lowest BCUT2D eigenvalue weighted by atomic mass is 10.1. The molecule has 2 amide bonds. The third kappa shape index (κ3) is 6.51. The zero-order valence-electron chi connectivity index (χ0n) is 14.1. The van der Waals surface area contributed by atoms with Crippen LogP contribution in [0.3, 0.4) is 0 Å².